The Labute approximate surface area is 77.0 Å². The molecule has 1 aromatic carbocycles. The van der Waals surface area contributed by atoms with Gasteiger partial charge in [-0.2, -0.15) is 0 Å². The third-order valence-corrected chi connectivity index (χ3v) is 3.46. The number of hydrogen-bond donors (Lipinski definition) is 1. The summed E-state index contributed by atoms with van der Waals surface area (Å²) in [6.45, 7) is 1.15. The van der Waals surface area contributed by atoms with Crippen LogP contribution in [0.5, 0.6) is 0 Å². The van der Waals surface area contributed by atoms with E-state index >= 15 is 0 Å². The lowest BCUT2D eigenvalue weighted by atomic mass is 9.62. The van der Waals surface area contributed by atoms with Crippen LogP contribution in [0.4, 0.5) is 4.39 Å². The zero-order valence-corrected chi connectivity index (χ0v) is 7.33. The predicted molar refractivity (Wildman–Crippen MR) is 49.0 cm³/mol. The molecule has 3 atom stereocenters. The van der Waals surface area contributed by atoms with E-state index in [1.807, 2.05) is 12.1 Å². The van der Waals surface area contributed by atoms with Gasteiger partial charge in [0.2, 0.25) is 0 Å². The summed E-state index contributed by atoms with van der Waals surface area (Å²) in [5.74, 6) is 1.38. The third-order valence-electron chi connectivity index (χ3n) is 3.46. The van der Waals surface area contributed by atoms with E-state index in [0.717, 1.165) is 18.5 Å². The van der Waals surface area contributed by atoms with Crippen molar-refractivity contribution in [3.05, 3.63) is 35.6 Å². The normalized spacial score (nSPS) is 35.9. The van der Waals surface area contributed by atoms with E-state index in [1.165, 1.54) is 12.0 Å². The number of nitrogens with one attached hydrogen (secondary N) is 1. The lowest BCUT2D eigenvalue weighted by Crippen LogP contribution is -2.63. The second kappa shape index (κ2) is 2.55. The van der Waals surface area contributed by atoms with Crippen molar-refractivity contribution < 1.29 is 4.39 Å². The van der Waals surface area contributed by atoms with Crippen LogP contribution in [0.3, 0.4) is 0 Å². The van der Waals surface area contributed by atoms with Crippen molar-refractivity contribution in [3.63, 3.8) is 0 Å². The van der Waals surface area contributed by atoms with E-state index in [4.69, 9.17) is 0 Å². The minimum Gasteiger partial charge on any atom is -0.313 e. The maximum atomic E-state index is 12.6. The monoisotopic (exact) mass is 177 g/mol. The Morgan fingerprint density at radius 1 is 1.23 bits per heavy atom. The first-order valence-electron chi connectivity index (χ1n) is 4.83. The Kier molecular flexibility index (Phi) is 1.47. The van der Waals surface area contributed by atoms with E-state index in [9.17, 15) is 4.39 Å². The lowest BCUT2D eigenvalue weighted by molar-refractivity contribution is 0.0751. The summed E-state index contributed by atoms with van der Waals surface area (Å²) < 4.78 is 12.6. The molecule has 0 aromatic heterocycles. The molecule has 2 aliphatic rings. The molecule has 1 nitrogen and oxygen atoms in total. The van der Waals surface area contributed by atoms with Gasteiger partial charge < -0.3 is 5.32 Å². The molecule has 0 bridgehead atoms. The number of rotatable bonds is 1. The molecule has 1 saturated heterocycles. The molecule has 1 heterocycles. The lowest BCUT2D eigenvalue weighted by Gasteiger charge is -2.54. The fourth-order valence-electron chi connectivity index (χ4n) is 2.45. The fraction of sp³-hybridized carbons (Fsp3) is 0.455. The molecule has 68 valence electrons. The van der Waals surface area contributed by atoms with Crippen LogP contribution in [0, 0.1) is 11.7 Å². The van der Waals surface area contributed by atoms with Gasteiger partial charge in [0.1, 0.15) is 5.82 Å². The highest BCUT2D eigenvalue weighted by Gasteiger charge is 2.47. The minimum absolute atomic E-state index is 0.133. The van der Waals surface area contributed by atoms with E-state index in [-0.39, 0.29) is 5.82 Å². The molecule has 3 rings (SSSR count). The first kappa shape index (κ1) is 7.51. The summed E-state index contributed by atoms with van der Waals surface area (Å²) in [7, 11) is 0. The highest BCUT2D eigenvalue weighted by molar-refractivity contribution is 5.27. The molecule has 0 spiro atoms. The average Bonchev–Trinajstić information content (AvgIpc) is 2.12. The van der Waals surface area contributed by atoms with Crippen molar-refractivity contribution >= 4 is 0 Å². The van der Waals surface area contributed by atoms with Crippen molar-refractivity contribution in [3.8, 4) is 0 Å². The molecule has 1 saturated carbocycles. The van der Waals surface area contributed by atoms with Crippen LogP contribution in [0.2, 0.25) is 0 Å². The number of benzene rings is 1. The predicted octanol–water partition coefficient (Wildman–Crippen LogP) is 1.90. The number of halogens is 1. The summed E-state index contributed by atoms with van der Waals surface area (Å²) in [6, 6.07) is 7.74. The van der Waals surface area contributed by atoms with Crippen LogP contribution in [-0.4, -0.2) is 12.6 Å². The van der Waals surface area contributed by atoms with Crippen LogP contribution < -0.4 is 5.32 Å². The van der Waals surface area contributed by atoms with Gasteiger partial charge in [0, 0.05) is 12.6 Å². The standard InChI is InChI=1S/C11H12FN/c12-8-3-1-7(2-4-8)9-5-11-10(9)6-13-11/h1-4,9-11,13H,5-6H2. The molecule has 3 unspecified atom stereocenters. The van der Waals surface area contributed by atoms with E-state index in [0.29, 0.717) is 5.92 Å². The Balaban J connectivity index is 1.81. The van der Waals surface area contributed by atoms with Crippen molar-refractivity contribution in [1.29, 1.82) is 0 Å². The molecule has 13 heavy (non-hydrogen) atoms. The van der Waals surface area contributed by atoms with Crippen molar-refractivity contribution in [2.75, 3.05) is 6.54 Å². The molecular formula is C11H12FN. The van der Waals surface area contributed by atoms with Gasteiger partial charge in [0.25, 0.3) is 0 Å². The maximum absolute atomic E-state index is 12.6. The highest BCUT2D eigenvalue weighted by Crippen LogP contribution is 2.46. The molecule has 1 N–H and O–H groups in total. The quantitative estimate of drug-likeness (QED) is 0.690. The van der Waals surface area contributed by atoms with Gasteiger partial charge in [-0.3, -0.25) is 0 Å². The van der Waals surface area contributed by atoms with Gasteiger partial charge in [-0.15, -0.1) is 0 Å². The molecule has 1 aliphatic carbocycles. The highest BCUT2D eigenvalue weighted by atomic mass is 19.1. The van der Waals surface area contributed by atoms with E-state index < -0.39 is 0 Å². The summed E-state index contributed by atoms with van der Waals surface area (Å²) in [6.07, 6.45) is 1.23. The molecule has 0 amide bonds. The van der Waals surface area contributed by atoms with Crippen LogP contribution in [0.15, 0.2) is 24.3 Å². The van der Waals surface area contributed by atoms with Gasteiger partial charge in [-0.1, -0.05) is 12.1 Å². The largest absolute Gasteiger partial charge is 0.313 e. The van der Waals surface area contributed by atoms with Gasteiger partial charge in [-0.05, 0) is 36.0 Å². The van der Waals surface area contributed by atoms with Crippen LogP contribution in [0.1, 0.15) is 17.9 Å². The molecule has 2 fully saturated rings. The first-order chi connectivity index (χ1) is 6.34. The van der Waals surface area contributed by atoms with Gasteiger partial charge in [0.05, 0.1) is 0 Å². The number of fused-ring (bicyclic) bond motifs is 1. The molecular weight excluding hydrogens is 165 g/mol. The minimum atomic E-state index is -0.133. The van der Waals surface area contributed by atoms with Crippen LogP contribution >= 0.6 is 0 Å². The Bertz CT molecular complexity index is 319. The zero-order valence-electron chi connectivity index (χ0n) is 7.33. The van der Waals surface area contributed by atoms with E-state index in [1.54, 1.807) is 12.1 Å². The topological polar surface area (TPSA) is 12.0 Å². The SMILES string of the molecule is Fc1ccc(C2CC3NCC32)cc1. The van der Waals surface area contributed by atoms with Crippen molar-refractivity contribution in [1.82, 2.24) is 5.32 Å². The zero-order chi connectivity index (χ0) is 8.84. The number of piperidine rings is 1. The van der Waals surface area contributed by atoms with Gasteiger partial charge >= 0.3 is 0 Å². The summed E-state index contributed by atoms with van der Waals surface area (Å²) >= 11 is 0. The smallest absolute Gasteiger partial charge is 0.123 e. The van der Waals surface area contributed by atoms with Crippen molar-refractivity contribution in [2.24, 2.45) is 5.92 Å². The molecule has 1 aromatic rings. The number of hydrogen-bond acceptors (Lipinski definition) is 1. The third kappa shape index (κ3) is 1.02. The van der Waals surface area contributed by atoms with Gasteiger partial charge in [-0.25, -0.2) is 4.39 Å². The summed E-state index contributed by atoms with van der Waals surface area (Å²) in [5.41, 5.74) is 1.31. The fourth-order valence-corrected chi connectivity index (χ4v) is 2.45. The Morgan fingerprint density at radius 3 is 2.46 bits per heavy atom. The second-order valence-corrected chi connectivity index (χ2v) is 4.07. The van der Waals surface area contributed by atoms with E-state index in [2.05, 4.69) is 5.32 Å². The van der Waals surface area contributed by atoms with Gasteiger partial charge in [0.15, 0.2) is 0 Å². The first-order valence-corrected chi connectivity index (χ1v) is 4.83. The van der Waals surface area contributed by atoms with Crippen LogP contribution in [-0.2, 0) is 0 Å². The Morgan fingerprint density at radius 2 is 2.00 bits per heavy atom. The molecule has 0 radical (unpaired) electrons. The molecule has 1 aliphatic heterocycles. The molecule has 2 heteroatoms. The summed E-state index contributed by atoms with van der Waals surface area (Å²) in [4.78, 5) is 0. The summed E-state index contributed by atoms with van der Waals surface area (Å²) in [5, 5.41) is 3.38. The average molecular weight is 177 g/mol. The maximum Gasteiger partial charge on any atom is 0.123 e. The van der Waals surface area contributed by atoms with Crippen molar-refractivity contribution in [2.45, 2.75) is 18.4 Å². The second-order valence-electron chi connectivity index (χ2n) is 4.07. The van der Waals surface area contributed by atoms with Crippen LogP contribution in [0.25, 0.3) is 0 Å². The Hall–Kier alpha value is -0.890.